The van der Waals surface area contributed by atoms with E-state index in [0.29, 0.717) is 37.6 Å². The molecule has 1 aliphatic rings. The smallest absolute Gasteiger partial charge is 0.260 e. The quantitative estimate of drug-likeness (QED) is 0.864. The van der Waals surface area contributed by atoms with Gasteiger partial charge in [0.2, 0.25) is 0 Å². The number of hydrogen-bond donors (Lipinski definition) is 1. The second-order valence-electron chi connectivity index (χ2n) is 4.45. The molecule has 1 fully saturated rings. The van der Waals surface area contributed by atoms with Crippen molar-refractivity contribution in [2.24, 2.45) is 0 Å². The molecule has 0 radical (unpaired) electrons. The Morgan fingerprint density at radius 1 is 1.37 bits per heavy atom. The maximum absolute atomic E-state index is 11.9. The van der Waals surface area contributed by atoms with Crippen LogP contribution >= 0.6 is 0 Å². The molecule has 1 aromatic carbocycles. The van der Waals surface area contributed by atoms with Gasteiger partial charge in [-0.15, -0.1) is 0 Å². The summed E-state index contributed by atoms with van der Waals surface area (Å²) in [4.78, 5) is 13.5. The zero-order valence-electron chi connectivity index (χ0n) is 11.0. The van der Waals surface area contributed by atoms with E-state index in [2.05, 4.69) is 0 Å². The van der Waals surface area contributed by atoms with Crippen molar-refractivity contribution in [1.82, 2.24) is 4.90 Å². The average Bonchev–Trinajstić information content (AvgIpc) is 2.84. The van der Waals surface area contributed by atoms with Gasteiger partial charge in [-0.25, -0.2) is 0 Å². The van der Waals surface area contributed by atoms with Crippen LogP contribution in [0.15, 0.2) is 24.3 Å². The van der Waals surface area contributed by atoms with Crippen LogP contribution in [0.1, 0.15) is 13.3 Å². The maximum atomic E-state index is 11.9. The summed E-state index contributed by atoms with van der Waals surface area (Å²) in [6.07, 6.45) is 0.237. The van der Waals surface area contributed by atoms with Gasteiger partial charge >= 0.3 is 0 Å². The molecule has 1 saturated heterocycles. The minimum atomic E-state index is -0.403. The molecule has 2 rings (SSSR count). The monoisotopic (exact) mass is 265 g/mol. The van der Waals surface area contributed by atoms with Gasteiger partial charge in [0.1, 0.15) is 0 Å². The lowest BCUT2D eigenvalue weighted by atomic mass is 10.3. The lowest BCUT2D eigenvalue weighted by Gasteiger charge is -2.16. The largest absolute Gasteiger partial charge is 0.490 e. The molecule has 0 spiro atoms. The highest BCUT2D eigenvalue weighted by Crippen LogP contribution is 2.26. The number of nitrogens with zero attached hydrogens (tertiary/aromatic N) is 1. The van der Waals surface area contributed by atoms with Crippen LogP contribution in [-0.4, -0.2) is 48.3 Å². The van der Waals surface area contributed by atoms with Gasteiger partial charge in [0.05, 0.1) is 12.7 Å². The first-order valence-corrected chi connectivity index (χ1v) is 6.51. The fourth-order valence-corrected chi connectivity index (χ4v) is 2.04. The molecular formula is C14H19NO4. The van der Waals surface area contributed by atoms with Crippen molar-refractivity contribution in [3.05, 3.63) is 24.3 Å². The zero-order chi connectivity index (χ0) is 13.7. The highest BCUT2D eigenvalue weighted by Gasteiger charge is 2.24. The first kappa shape index (κ1) is 13.7. The zero-order valence-corrected chi connectivity index (χ0v) is 11.0. The molecule has 5 heteroatoms. The lowest BCUT2D eigenvalue weighted by Crippen LogP contribution is -2.33. The van der Waals surface area contributed by atoms with Crippen molar-refractivity contribution in [3.63, 3.8) is 0 Å². The molecule has 1 aliphatic heterocycles. The fraction of sp³-hybridized carbons (Fsp3) is 0.500. The van der Waals surface area contributed by atoms with Crippen molar-refractivity contribution < 1.29 is 19.4 Å². The first-order valence-electron chi connectivity index (χ1n) is 6.51. The van der Waals surface area contributed by atoms with Gasteiger partial charge in [0.25, 0.3) is 5.91 Å². The second-order valence-corrected chi connectivity index (χ2v) is 4.45. The summed E-state index contributed by atoms with van der Waals surface area (Å²) in [6, 6.07) is 7.28. The molecule has 0 saturated carbocycles. The Morgan fingerprint density at radius 3 is 2.63 bits per heavy atom. The molecule has 0 bridgehead atoms. The minimum Gasteiger partial charge on any atom is -0.490 e. The number of ether oxygens (including phenoxy) is 2. The summed E-state index contributed by atoms with van der Waals surface area (Å²) in [6.45, 7) is 3.41. The van der Waals surface area contributed by atoms with Crippen molar-refractivity contribution in [3.8, 4) is 11.5 Å². The molecule has 1 atom stereocenters. The van der Waals surface area contributed by atoms with Crippen LogP contribution in [0.2, 0.25) is 0 Å². The molecule has 5 nitrogen and oxygen atoms in total. The number of likely N-dealkylation sites (tertiary alicyclic amines) is 1. The Hall–Kier alpha value is -1.75. The molecule has 1 aromatic rings. The number of aliphatic hydroxyl groups is 1. The third-order valence-corrected chi connectivity index (χ3v) is 3.02. The summed E-state index contributed by atoms with van der Waals surface area (Å²) in [5.41, 5.74) is 0. The van der Waals surface area contributed by atoms with Gasteiger partial charge in [0.15, 0.2) is 18.1 Å². The number of hydrogen-bond acceptors (Lipinski definition) is 4. The number of amides is 1. The van der Waals surface area contributed by atoms with Crippen LogP contribution in [0, 0.1) is 0 Å². The molecule has 1 amide bonds. The SMILES string of the molecule is CCOc1ccccc1OCC(=O)N1CC[C@H](O)C1. The number of carbonyl (C=O) groups excluding carboxylic acids is 1. The number of aliphatic hydroxyl groups excluding tert-OH is 1. The Labute approximate surface area is 112 Å². The van der Waals surface area contributed by atoms with E-state index in [1.807, 2.05) is 25.1 Å². The second kappa shape index (κ2) is 6.43. The van der Waals surface area contributed by atoms with Gasteiger partial charge in [-0.2, -0.15) is 0 Å². The lowest BCUT2D eigenvalue weighted by molar-refractivity contribution is -0.132. The summed E-state index contributed by atoms with van der Waals surface area (Å²) < 4.78 is 10.9. The average molecular weight is 265 g/mol. The molecule has 0 aliphatic carbocycles. The number of carbonyl (C=O) groups is 1. The molecular weight excluding hydrogens is 246 g/mol. The predicted molar refractivity (Wildman–Crippen MR) is 70.3 cm³/mol. The summed E-state index contributed by atoms with van der Waals surface area (Å²) >= 11 is 0. The van der Waals surface area contributed by atoms with E-state index in [9.17, 15) is 9.90 Å². The molecule has 0 unspecified atom stereocenters. The number of para-hydroxylation sites is 2. The number of rotatable bonds is 5. The minimum absolute atomic E-state index is 0.0309. The topological polar surface area (TPSA) is 59.0 Å². The molecule has 0 aromatic heterocycles. The Morgan fingerprint density at radius 2 is 2.05 bits per heavy atom. The summed E-state index contributed by atoms with van der Waals surface area (Å²) in [5, 5.41) is 9.39. The Bertz CT molecular complexity index is 435. The highest BCUT2D eigenvalue weighted by molar-refractivity contribution is 5.78. The third kappa shape index (κ3) is 3.61. The van der Waals surface area contributed by atoms with Crippen molar-refractivity contribution in [2.75, 3.05) is 26.3 Å². The summed E-state index contributed by atoms with van der Waals surface area (Å²) in [5.74, 6) is 1.10. The van der Waals surface area contributed by atoms with E-state index in [1.54, 1.807) is 11.0 Å². The van der Waals surface area contributed by atoms with Crippen molar-refractivity contribution >= 4 is 5.91 Å². The normalized spacial score (nSPS) is 18.4. The van der Waals surface area contributed by atoms with Gasteiger partial charge in [-0.3, -0.25) is 4.79 Å². The molecule has 104 valence electrons. The maximum Gasteiger partial charge on any atom is 0.260 e. The summed E-state index contributed by atoms with van der Waals surface area (Å²) in [7, 11) is 0. The van der Waals surface area contributed by atoms with Crippen molar-refractivity contribution in [2.45, 2.75) is 19.4 Å². The number of β-amino-alcohol motifs (C(OH)–C–C–N with tert-alkyl or cyclic N) is 1. The van der Waals surface area contributed by atoms with E-state index >= 15 is 0 Å². The van der Waals surface area contributed by atoms with E-state index in [1.165, 1.54) is 0 Å². The van der Waals surface area contributed by atoms with Gasteiger partial charge < -0.3 is 19.5 Å². The van der Waals surface area contributed by atoms with Crippen LogP contribution in [0.25, 0.3) is 0 Å². The third-order valence-electron chi connectivity index (χ3n) is 3.02. The van der Waals surface area contributed by atoms with Gasteiger partial charge in [-0.1, -0.05) is 12.1 Å². The Kier molecular flexibility index (Phi) is 4.63. The van der Waals surface area contributed by atoms with Crippen LogP contribution in [-0.2, 0) is 4.79 Å². The van der Waals surface area contributed by atoms with Crippen LogP contribution in [0.5, 0.6) is 11.5 Å². The van der Waals surface area contributed by atoms with Crippen LogP contribution in [0.3, 0.4) is 0 Å². The molecule has 19 heavy (non-hydrogen) atoms. The number of benzene rings is 1. The van der Waals surface area contributed by atoms with Crippen molar-refractivity contribution in [1.29, 1.82) is 0 Å². The Balaban J connectivity index is 1.89. The standard InChI is InChI=1S/C14H19NO4/c1-2-18-12-5-3-4-6-13(12)19-10-14(17)15-8-7-11(16)9-15/h3-6,11,16H,2,7-10H2,1H3/t11-/m0/s1. The molecule has 1 heterocycles. The van der Waals surface area contributed by atoms with Crippen LogP contribution < -0.4 is 9.47 Å². The fourth-order valence-electron chi connectivity index (χ4n) is 2.04. The van der Waals surface area contributed by atoms with E-state index in [0.717, 1.165) is 0 Å². The van der Waals surface area contributed by atoms with E-state index < -0.39 is 6.10 Å². The highest BCUT2D eigenvalue weighted by atomic mass is 16.5. The van der Waals surface area contributed by atoms with E-state index in [-0.39, 0.29) is 12.5 Å². The predicted octanol–water partition coefficient (Wildman–Crippen LogP) is 1.06. The van der Waals surface area contributed by atoms with Gasteiger partial charge in [0, 0.05) is 13.1 Å². The van der Waals surface area contributed by atoms with E-state index in [4.69, 9.17) is 9.47 Å². The van der Waals surface area contributed by atoms with Gasteiger partial charge in [-0.05, 0) is 25.5 Å². The molecule has 1 N–H and O–H groups in total. The van der Waals surface area contributed by atoms with Crippen LogP contribution in [0.4, 0.5) is 0 Å². The first-order chi connectivity index (χ1) is 9.20.